The average Bonchev–Trinajstić information content (AvgIpc) is 2.33. The van der Waals surface area contributed by atoms with Gasteiger partial charge in [0.25, 0.3) is 0 Å². The Bertz CT molecular complexity index is 456. The molecular weight excluding hydrogens is 271 g/mol. The van der Waals surface area contributed by atoms with Crippen molar-refractivity contribution in [2.75, 3.05) is 6.61 Å². The Balaban J connectivity index is 3.10. The van der Waals surface area contributed by atoms with Crippen molar-refractivity contribution >= 4 is 0 Å². The van der Waals surface area contributed by atoms with Gasteiger partial charge in [0, 0.05) is 0 Å². The van der Waals surface area contributed by atoms with Gasteiger partial charge in [-0.2, -0.15) is 8.78 Å². The molecule has 0 spiro atoms. The molecule has 7 heteroatoms. The van der Waals surface area contributed by atoms with Crippen LogP contribution in [0.3, 0.4) is 0 Å². The largest absolute Gasteiger partial charge is 0.484 e. The summed E-state index contributed by atoms with van der Waals surface area (Å²) in [5, 5.41) is 9.80. The summed E-state index contributed by atoms with van der Waals surface area (Å²) < 4.78 is 69.6. The Morgan fingerprint density at radius 1 is 0.947 bits per heavy atom. The fraction of sp³-hybridized carbons (Fsp3) is 0.500. The van der Waals surface area contributed by atoms with Crippen LogP contribution in [-0.2, 0) is 0 Å². The van der Waals surface area contributed by atoms with Crippen molar-refractivity contribution in [3.63, 3.8) is 0 Å². The number of halogens is 5. The zero-order valence-corrected chi connectivity index (χ0v) is 10.5. The van der Waals surface area contributed by atoms with Crippen LogP contribution in [0.5, 0.6) is 5.75 Å². The van der Waals surface area contributed by atoms with Crippen molar-refractivity contribution in [1.82, 2.24) is 0 Å². The topological polar surface area (TPSA) is 29.5 Å². The molecule has 0 aliphatic heterocycles. The molecule has 0 radical (unpaired) electrons. The fourth-order valence-electron chi connectivity index (χ4n) is 1.10. The van der Waals surface area contributed by atoms with Crippen LogP contribution in [0, 0.1) is 35.0 Å². The maximum Gasteiger partial charge on any atom is 0.206 e. The van der Waals surface area contributed by atoms with Gasteiger partial charge in [-0.15, -0.1) is 0 Å². The van der Waals surface area contributed by atoms with Gasteiger partial charge < -0.3 is 9.84 Å². The first-order valence-corrected chi connectivity index (χ1v) is 5.46. The second-order valence-electron chi connectivity index (χ2n) is 4.70. The summed E-state index contributed by atoms with van der Waals surface area (Å²) in [6.07, 6.45) is 0. The number of rotatable bonds is 4. The van der Waals surface area contributed by atoms with Crippen molar-refractivity contribution in [2.45, 2.75) is 26.4 Å². The smallest absolute Gasteiger partial charge is 0.206 e. The lowest BCUT2D eigenvalue weighted by Crippen LogP contribution is -2.38. The molecule has 0 aliphatic rings. The third-order valence-electron chi connectivity index (χ3n) is 2.92. The monoisotopic (exact) mass is 284 g/mol. The maximum atomic E-state index is 13.3. The summed E-state index contributed by atoms with van der Waals surface area (Å²) in [5.74, 6) is -12.3. The van der Waals surface area contributed by atoms with E-state index in [1.807, 2.05) is 0 Å². The van der Waals surface area contributed by atoms with Crippen LogP contribution >= 0.6 is 0 Å². The third kappa shape index (κ3) is 2.97. The Morgan fingerprint density at radius 2 is 1.32 bits per heavy atom. The molecule has 0 fully saturated rings. The molecule has 1 N–H and O–H groups in total. The lowest BCUT2D eigenvalue weighted by Gasteiger charge is -2.27. The van der Waals surface area contributed by atoms with E-state index in [0.29, 0.717) is 0 Å². The average molecular weight is 284 g/mol. The maximum absolute atomic E-state index is 13.3. The Labute approximate surface area is 106 Å². The zero-order valence-electron chi connectivity index (χ0n) is 10.5. The molecule has 2 nitrogen and oxygen atoms in total. The predicted molar refractivity (Wildman–Crippen MR) is 57.2 cm³/mol. The van der Waals surface area contributed by atoms with E-state index >= 15 is 0 Å². The van der Waals surface area contributed by atoms with Gasteiger partial charge in [-0.3, -0.25) is 0 Å². The lowest BCUT2D eigenvalue weighted by atomic mass is 9.94. The molecule has 0 bridgehead atoms. The molecule has 19 heavy (non-hydrogen) atoms. The van der Waals surface area contributed by atoms with Gasteiger partial charge in [-0.25, -0.2) is 13.2 Å². The zero-order chi connectivity index (χ0) is 15.0. The quantitative estimate of drug-likeness (QED) is 0.523. The standard InChI is InChI=1S/C12H13F5O2/c1-5(2)12(3,18)4-19-11-9(16)7(14)6(13)8(15)10(11)17/h5,18H,4H2,1-3H3. The minimum atomic E-state index is -2.25. The van der Waals surface area contributed by atoms with Crippen molar-refractivity contribution in [1.29, 1.82) is 0 Å². The third-order valence-corrected chi connectivity index (χ3v) is 2.92. The molecule has 0 heterocycles. The molecule has 108 valence electrons. The summed E-state index contributed by atoms with van der Waals surface area (Å²) in [6, 6.07) is 0. The van der Waals surface area contributed by atoms with Gasteiger partial charge in [-0.05, 0) is 12.8 Å². The van der Waals surface area contributed by atoms with Crippen LogP contribution in [-0.4, -0.2) is 17.3 Å². The van der Waals surface area contributed by atoms with Crippen LogP contribution in [0.25, 0.3) is 0 Å². The second kappa shape index (κ2) is 5.32. The Kier molecular flexibility index (Phi) is 4.39. The summed E-state index contributed by atoms with van der Waals surface area (Å²) in [7, 11) is 0. The highest BCUT2D eigenvalue weighted by Crippen LogP contribution is 2.30. The van der Waals surface area contributed by atoms with Crippen molar-refractivity contribution in [3.05, 3.63) is 29.1 Å². The molecule has 0 saturated heterocycles. The number of ether oxygens (including phenoxy) is 1. The van der Waals surface area contributed by atoms with E-state index in [0.717, 1.165) is 0 Å². The van der Waals surface area contributed by atoms with E-state index in [1.165, 1.54) is 6.92 Å². The number of aliphatic hydroxyl groups is 1. The molecule has 1 aromatic rings. The fourth-order valence-corrected chi connectivity index (χ4v) is 1.10. The van der Waals surface area contributed by atoms with Crippen LogP contribution < -0.4 is 4.74 Å². The van der Waals surface area contributed by atoms with E-state index < -0.39 is 47.0 Å². The van der Waals surface area contributed by atoms with Gasteiger partial charge in [0.15, 0.2) is 5.75 Å². The normalized spacial score (nSPS) is 14.6. The molecule has 1 unspecified atom stereocenters. The number of hydrogen-bond donors (Lipinski definition) is 1. The van der Waals surface area contributed by atoms with Crippen LogP contribution in [0.4, 0.5) is 22.0 Å². The number of hydrogen-bond acceptors (Lipinski definition) is 2. The van der Waals surface area contributed by atoms with Crippen molar-refractivity contribution in [3.8, 4) is 5.75 Å². The Hall–Kier alpha value is -1.37. The highest BCUT2D eigenvalue weighted by atomic mass is 19.2. The minimum absolute atomic E-state index is 0.339. The minimum Gasteiger partial charge on any atom is -0.484 e. The van der Waals surface area contributed by atoms with Crippen molar-refractivity contribution in [2.24, 2.45) is 5.92 Å². The second-order valence-corrected chi connectivity index (χ2v) is 4.70. The SMILES string of the molecule is CC(C)C(C)(O)COc1c(F)c(F)c(F)c(F)c1F. The van der Waals surface area contributed by atoms with E-state index in [9.17, 15) is 27.1 Å². The van der Waals surface area contributed by atoms with Gasteiger partial charge >= 0.3 is 0 Å². The van der Waals surface area contributed by atoms with Gasteiger partial charge in [0.2, 0.25) is 29.1 Å². The van der Waals surface area contributed by atoms with E-state index in [1.54, 1.807) is 13.8 Å². The molecule has 0 amide bonds. The summed E-state index contributed by atoms with van der Waals surface area (Å²) in [5.41, 5.74) is -1.47. The van der Waals surface area contributed by atoms with E-state index in [2.05, 4.69) is 4.74 Å². The first-order chi connectivity index (χ1) is 8.59. The van der Waals surface area contributed by atoms with Crippen LogP contribution in [0.2, 0.25) is 0 Å². The summed E-state index contributed by atoms with van der Waals surface area (Å²) >= 11 is 0. The summed E-state index contributed by atoms with van der Waals surface area (Å²) in [4.78, 5) is 0. The lowest BCUT2D eigenvalue weighted by molar-refractivity contribution is -0.0288. The molecule has 1 atom stereocenters. The molecule has 1 aromatic carbocycles. The molecule has 0 aliphatic carbocycles. The molecule has 0 saturated carbocycles. The first-order valence-electron chi connectivity index (χ1n) is 5.46. The van der Waals surface area contributed by atoms with E-state index in [-0.39, 0.29) is 5.92 Å². The Morgan fingerprint density at radius 3 is 1.68 bits per heavy atom. The highest BCUT2D eigenvalue weighted by molar-refractivity contribution is 5.29. The first kappa shape index (κ1) is 15.7. The highest BCUT2D eigenvalue weighted by Gasteiger charge is 2.31. The molecular formula is C12H13F5O2. The van der Waals surface area contributed by atoms with Gasteiger partial charge in [0.05, 0.1) is 5.60 Å². The molecule has 1 rings (SSSR count). The van der Waals surface area contributed by atoms with Gasteiger partial charge in [0.1, 0.15) is 6.61 Å². The van der Waals surface area contributed by atoms with Crippen molar-refractivity contribution < 1.29 is 31.8 Å². The predicted octanol–water partition coefficient (Wildman–Crippen LogP) is 3.17. The molecule has 0 aromatic heterocycles. The van der Waals surface area contributed by atoms with E-state index in [4.69, 9.17) is 0 Å². The van der Waals surface area contributed by atoms with Gasteiger partial charge in [-0.1, -0.05) is 13.8 Å². The summed E-state index contributed by atoms with van der Waals surface area (Å²) in [6.45, 7) is 3.94. The van der Waals surface area contributed by atoms with Crippen LogP contribution in [0.15, 0.2) is 0 Å². The number of benzene rings is 1. The van der Waals surface area contributed by atoms with Crippen LogP contribution in [0.1, 0.15) is 20.8 Å².